The Bertz CT molecular complexity index is 1160. The van der Waals surface area contributed by atoms with Gasteiger partial charge in [-0.3, -0.25) is 4.79 Å². The number of aryl methyl sites for hydroxylation is 1. The number of nitrogens with one attached hydrogen (secondary N) is 1. The zero-order chi connectivity index (χ0) is 20.4. The van der Waals surface area contributed by atoms with Gasteiger partial charge in [-0.25, -0.2) is 4.98 Å². The van der Waals surface area contributed by atoms with Gasteiger partial charge in [-0.15, -0.1) is 0 Å². The second-order valence-corrected chi connectivity index (χ2v) is 7.65. The standard InChI is InChI=1S/C25H25N3O/c1-17(2)20-14-13-18(3)22(15-20)26-24(29)16-28-23-12-8-7-11-21(23)27-25(28)19-9-5-4-6-10-19/h4-15,17H,16H2,1-3H3,(H,26,29). The molecule has 0 atom stereocenters. The minimum atomic E-state index is -0.0608. The predicted octanol–water partition coefficient (Wildman–Crippen LogP) is 5.77. The van der Waals surface area contributed by atoms with Crippen LogP contribution in [0.15, 0.2) is 72.8 Å². The van der Waals surface area contributed by atoms with E-state index in [2.05, 4.69) is 37.4 Å². The predicted molar refractivity (Wildman–Crippen MR) is 119 cm³/mol. The fourth-order valence-electron chi connectivity index (χ4n) is 3.51. The summed E-state index contributed by atoms with van der Waals surface area (Å²) < 4.78 is 1.99. The van der Waals surface area contributed by atoms with Crippen LogP contribution in [-0.4, -0.2) is 15.5 Å². The van der Waals surface area contributed by atoms with Crippen LogP contribution >= 0.6 is 0 Å². The average molecular weight is 383 g/mol. The van der Waals surface area contributed by atoms with Crippen molar-refractivity contribution < 1.29 is 4.79 Å². The van der Waals surface area contributed by atoms with E-state index in [-0.39, 0.29) is 12.5 Å². The molecule has 0 unspecified atom stereocenters. The summed E-state index contributed by atoms with van der Waals surface area (Å²) in [6.45, 7) is 6.53. The number of carbonyl (C=O) groups excluding carboxylic acids is 1. The third kappa shape index (κ3) is 3.92. The monoisotopic (exact) mass is 383 g/mol. The molecule has 0 aliphatic rings. The highest BCUT2D eigenvalue weighted by atomic mass is 16.1. The molecular formula is C25H25N3O. The Morgan fingerprint density at radius 3 is 2.48 bits per heavy atom. The van der Waals surface area contributed by atoms with Crippen molar-refractivity contribution in [3.05, 3.63) is 83.9 Å². The number of hydrogen-bond donors (Lipinski definition) is 1. The van der Waals surface area contributed by atoms with E-state index >= 15 is 0 Å². The van der Waals surface area contributed by atoms with Crippen molar-refractivity contribution in [2.75, 3.05) is 5.32 Å². The van der Waals surface area contributed by atoms with Crippen molar-refractivity contribution in [2.24, 2.45) is 0 Å². The molecule has 4 aromatic rings. The third-order valence-corrected chi connectivity index (χ3v) is 5.19. The van der Waals surface area contributed by atoms with Gasteiger partial charge in [0.05, 0.1) is 11.0 Å². The maximum absolute atomic E-state index is 13.0. The van der Waals surface area contributed by atoms with Gasteiger partial charge in [0.15, 0.2) is 0 Å². The molecule has 146 valence electrons. The minimum absolute atomic E-state index is 0.0608. The zero-order valence-electron chi connectivity index (χ0n) is 17.0. The first kappa shape index (κ1) is 18.9. The van der Waals surface area contributed by atoms with Crippen LogP contribution in [-0.2, 0) is 11.3 Å². The number of rotatable bonds is 5. The number of amides is 1. The fourth-order valence-corrected chi connectivity index (χ4v) is 3.51. The lowest BCUT2D eigenvalue weighted by Crippen LogP contribution is -2.20. The van der Waals surface area contributed by atoms with E-state index in [9.17, 15) is 4.79 Å². The Kier molecular flexibility index (Phi) is 5.17. The topological polar surface area (TPSA) is 46.9 Å². The van der Waals surface area contributed by atoms with Gasteiger partial charge in [-0.05, 0) is 42.2 Å². The van der Waals surface area contributed by atoms with Gasteiger partial charge in [0.1, 0.15) is 12.4 Å². The molecule has 1 aromatic heterocycles. The maximum atomic E-state index is 13.0. The smallest absolute Gasteiger partial charge is 0.244 e. The van der Waals surface area contributed by atoms with E-state index in [0.717, 1.165) is 33.7 Å². The molecule has 0 fully saturated rings. The van der Waals surface area contributed by atoms with Gasteiger partial charge in [-0.1, -0.05) is 68.4 Å². The number of fused-ring (bicyclic) bond motifs is 1. The van der Waals surface area contributed by atoms with Crippen LogP contribution in [0, 0.1) is 6.92 Å². The summed E-state index contributed by atoms with van der Waals surface area (Å²) in [4.78, 5) is 17.8. The van der Waals surface area contributed by atoms with Crippen molar-refractivity contribution in [3.8, 4) is 11.4 Å². The molecule has 0 saturated carbocycles. The molecule has 4 rings (SSSR count). The van der Waals surface area contributed by atoms with E-state index in [4.69, 9.17) is 4.98 Å². The minimum Gasteiger partial charge on any atom is -0.324 e. The van der Waals surface area contributed by atoms with Gasteiger partial charge in [0.2, 0.25) is 5.91 Å². The quantitative estimate of drug-likeness (QED) is 0.475. The number of anilines is 1. The Morgan fingerprint density at radius 1 is 1.00 bits per heavy atom. The van der Waals surface area contributed by atoms with Gasteiger partial charge in [0, 0.05) is 11.3 Å². The SMILES string of the molecule is Cc1ccc(C(C)C)cc1NC(=O)Cn1c(-c2ccccc2)nc2ccccc21. The normalized spacial score (nSPS) is 11.2. The van der Waals surface area contributed by atoms with Crippen molar-refractivity contribution in [1.29, 1.82) is 0 Å². The second kappa shape index (κ2) is 7.92. The van der Waals surface area contributed by atoms with Crippen molar-refractivity contribution >= 4 is 22.6 Å². The Labute approximate surface area is 171 Å². The number of imidazole rings is 1. The Balaban J connectivity index is 1.68. The number of carbonyl (C=O) groups is 1. The van der Waals surface area contributed by atoms with Gasteiger partial charge < -0.3 is 9.88 Å². The molecule has 4 heteroatoms. The molecule has 0 saturated heterocycles. The molecule has 0 radical (unpaired) electrons. The molecule has 29 heavy (non-hydrogen) atoms. The lowest BCUT2D eigenvalue weighted by atomic mass is 10.0. The first-order valence-corrected chi connectivity index (χ1v) is 9.94. The van der Waals surface area contributed by atoms with Crippen LogP contribution in [0.3, 0.4) is 0 Å². The van der Waals surface area contributed by atoms with E-state index < -0.39 is 0 Å². The molecule has 0 aliphatic heterocycles. The summed E-state index contributed by atoms with van der Waals surface area (Å²) in [6.07, 6.45) is 0. The Morgan fingerprint density at radius 2 is 1.72 bits per heavy atom. The first-order chi connectivity index (χ1) is 14.0. The number of hydrogen-bond acceptors (Lipinski definition) is 2. The highest BCUT2D eigenvalue weighted by Gasteiger charge is 2.16. The lowest BCUT2D eigenvalue weighted by Gasteiger charge is -2.14. The van der Waals surface area contributed by atoms with Crippen LogP contribution < -0.4 is 5.32 Å². The molecule has 0 aliphatic carbocycles. The van der Waals surface area contributed by atoms with Crippen LogP contribution in [0.5, 0.6) is 0 Å². The third-order valence-electron chi connectivity index (χ3n) is 5.19. The number of nitrogens with zero attached hydrogens (tertiary/aromatic N) is 2. The zero-order valence-corrected chi connectivity index (χ0v) is 17.0. The summed E-state index contributed by atoms with van der Waals surface area (Å²) in [5, 5.41) is 3.10. The van der Waals surface area contributed by atoms with E-state index in [1.165, 1.54) is 5.56 Å². The highest BCUT2D eigenvalue weighted by molar-refractivity contribution is 5.93. The number of benzene rings is 3. The number of aromatic nitrogens is 2. The molecule has 1 N–H and O–H groups in total. The van der Waals surface area contributed by atoms with Crippen molar-refractivity contribution in [3.63, 3.8) is 0 Å². The van der Waals surface area contributed by atoms with Gasteiger partial charge >= 0.3 is 0 Å². The van der Waals surface area contributed by atoms with Crippen molar-refractivity contribution in [1.82, 2.24) is 9.55 Å². The second-order valence-electron chi connectivity index (χ2n) is 7.65. The molecule has 1 heterocycles. The van der Waals surface area contributed by atoms with Crippen LogP contribution in [0.1, 0.15) is 30.9 Å². The molecular weight excluding hydrogens is 358 g/mol. The van der Waals surface area contributed by atoms with Gasteiger partial charge in [-0.2, -0.15) is 0 Å². The summed E-state index contributed by atoms with van der Waals surface area (Å²) in [5.74, 6) is 1.15. The Hall–Kier alpha value is -3.40. The molecule has 0 spiro atoms. The molecule has 1 amide bonds. The highest BCUT2D eigenvalue weighted by Crippen LogP contribution is 2.26. The van der Waals surface area contributed by atoms with E-state index in [1.54, 1.807) is 0 Å². The summed E-state index contributed by atoms with van der Waals surface area (Å²) in [7, 11) is 0. The summed E-state index contributed by atoms with van der Waals surface area (Å²) in [5.41, 5.74) is 5.97. The van der Waals surface area contributed by atoms with Crippen LogP contribution in [0.2, 0.25) is 0 Å². The van der Waals surface area contributed by atoms with Crippen LogP contribution in [0.25, 0.3) is 22.4 Å². The van der Waals surface area contributed by atoms with Gasteiger partial charge in [0.25, 0.3) is 0 Å². The average Bonchev–Trinajstić information content (AvgIpc) is 3.08. The fraction of sp³-hybridized carbons (Fsp3) is 0.200. The summed E-state index contributed by atoms with van der Waals surface area (Å²) >= 11 is 0. The molecule has 0 bridgehead atoms. The molecule has 4 nitrogen and oxygen atoms in total. The van der Waals surface area contributed by atoms with Crippen LogP contribution in [0.4, 0.5) is 5.69 Å². The summed E-state index contributed by atoms with van der Waals surface area (Å²) in [6, 6.07) is 24.2. The largest absolute Gasteiger partial charge is 0.324 e. The lowest BCUT2D eigenvalue weighted by molar-refractivity contribution is -0.116. The van der Waals surface area contributed by atoms with E-state index in [1.807, 2.05) is 66.1 Å². The first-order valence-electron chi connectivity index (χ1n) is 9.94. The molecule has 3 aromatic carbocycles. The van der Waals surface area contributed by atoms with Crippen molar-refractivity contribution in [2.45, 2.75) is 33.2 Å². The number of para-hydroxylation sites is 2. The van der Waals surface area contributed by atoms with E-state index in [0.29, 0.717) is 5.92 Å². The maximum Gasteiger partial charge on any atom is 0.244 e.